The van der Waals surface area contributed by atoms with Crippen LogP contribution in [-0.4, -0.2) is 70.5 Å². The predicted molar refractivity (Wildman–Crippen MR) is 82.8 cm³/mol. The molecule has 0 rings (SSSR count). The summed E-state index contributed by atoms with van der Waals surface area (Å²) in [6.45, 7) is 3.35. The molecule has 14 heteroatoms. The van der Waals surface area contributed by atoms with Crippen LogP contribution in [0.1, 0.15) is 20.8 Å². The Balaban J connectivity index is -0.0000000960. The average molecular weight is 438 g/mol. The Labute approximate surface area is 185 Å². The smallest absolute Gasteiger partial charge is 0.545 e. The van der Waals surface area contributed by atoms with E-state index in [1.807, 2.05) is 0 Å². The molecule has 0 fully saturated rings. The Morgan fingerprint density at radius 3 is 0.621 bits per heavy atom. The van der Waals surface area contributed by atoms with Gasteiger partial charge in [0.05, 0.1) is 35.8 Å². The van der Waals surface area contributed by atoms with Gasteiger partial charge in [-0.15, -0.1) is 0 Å². The molecule has 0 heterocycles. The molecule has 0 N–H and O–H groups in total. The summed E-state index contributed by atoms with van der Waals surface area (Å²) in [7, 11) is 0. The maximum absolute atomic E-state index is 9.76. The summed E-state index contributed by atoms with van der Waals surface area (Å²) in [5, 5.41) is 58.2. The van der Waals surface area contributed by atoms with Crippen LogP contribution < -0.4 is 30.6 Å². The van der Waals surface area contributed by atoms with Gasteiger partial charge < -0.3 is 59.4 Å². The molecule has 0 saturated carbocycles. The Bertz CT molecular complexity index is 609. The van der Waals surface area contributed by atoms with Gasteiger partial charge in [-0.25, -0.2) is 0 Å². The Morgan fingerprint density at radius 2 is 0.586 bits per heavy atom. The van der Waals surface area contributed by atoms with Crippen molar-refractivity contribution in [3.05, 3.63) is 34.9 Å². The number of carboxylic acids is 6. The zero-order valence-electron chi connectivity index (χ0n) is 15.3. The van der Waals surface area contributed by atoms with Crippen LogP contribution in [0.15, 0.2) is 34.9 Å². The number of rotatable bonds is 6. The largest absolute Gasteiger partial charge is 3.00 e. The molecule has 0 spiro atoms. The molecule has 0 amide bonds. The summed E-state index contributed by atoms with van der Waals surface area (Å²) in [5.41, 5.74) is -1.06. The fourth-order valence-electron chi connectivity index (χ4n) is 0.707. The molecule has 29 heavy (non-hydrogen) atoms. The van der Waals surface area contributed by atoms with Gasteiger partial charge in [-0.1, -0.05) is 0 Å². The van der Waals surface area contributed by atoms with Gasteiger partial charge in [0, 0.05) is 0 Å². The van der Waals surface area contributed by atoms with Gasteiger partial charge >= 0.3 is 34.7 Å². The summed E-state index contributed by atoms with van der Waals surface area (Å²) >= 11 is 0. The zero-order chi connectivity index (χ0) is 22.3. The van der Waals surface area contributed by atoms with Crippen molar-refractivity contribution in [2.75, 3.05) is 0 Å². The molecule has 12 nitrogen and oxygen atoms in total. The van der Waals surface area contributed by atoms with E-state index in [0.717, 1.165) is 20.8 Å². The summed E-state index contributed by atoms with van der Waals surface area (Å²) in [6, 6.07) is 0. The van der Waals surface area contributed by atoms with Crippen molar-refractivity contribution in [2.24, 2.45) is 0 Å². The van der Waals surface area contributed by atoms with E-state index in [4.69, 9.17) is 0 Å². The second-order valence-electron chi connectivity index (χ2n) is 4.30. The summed E-state index contributed by atoms with van der Waals surface area (Å²) in [4.78, 5) is 58.2. The minimum absolute atomic E-state index is 0. The Morgan fingerprint density at radius 1 is 0.448 bits per heavy atom. The molecular weight excluding hydrogens is 426 g/mol. The second-order valence-corrected chi connectivity index (χ2v) is 4.30. The van der Waals surface area contributed by atoms with E-state index in [2.05, 4.69) is 0 Å². The van der Waals surface area contributed by atoms with Crippen LogP contribution in [0.25, 0.3) is 0 Å². The predicted octanol–water partition coefficient (Wildman–Crippen LogP) is -8.46. The molecule has 0 aromatic rings. The van der Waals surface area contributed by atoms with Crippen LogP contribution in [0.4, 0.5) is 0 Å². The van der Waals surface area contributed by atoms with Crippen LogP contribution in [0, 0.1) is 0 Å². The first-order valence-corrected chi connectivity index (χ1v) is 6.43. The van der Waals surface area contributed by atoms with Crippen molar-refractivity contribution in [3.8, 4) is 0 Å². The molecule has 0 aliphatic rings. The Hall–Kier alpha value is -2.90. The molecule has 0 atom stereocenters. The van der Waals surface area contributed by atoms with Crippen LogP contribution >= 0.6 is 0 Å². The Kier molecular flexibility index (Phi) is 25.3. The number of hydrogen-bond donors (Lipinski definition) is 0. The van der Waals surface area contributed by atoms with Crippen molar-refractivity contribution in [3.63, 3.8) is 0 Å². The SMILES string of the molecule is C/C(=C\C(=O)[O-])C(=O)[O-].C/C(=C\C(=O)[O-])C(=O)[O-].C/C(=C\C(=O)[O-])C(=O)[O-].[Al+3].[Al+3]. The van der Waals surface area contributed by atoms with Crippen LogP contribution in [0.3, 0.4) is 0 Å². The van der Waals surface area contributed by atoms with E-state index >= 15 is 0 Å². The van der Waals surface area contributed by atoms with Crippen LogP contribution in [0.2, 0.25) is 0 Å². The monoisotopic (exact) mass is 438 g/mol. The fourth-order valence-corrected chi connectivity index (χ4v) is 0.707. The second kappa shape index (κ2) is 19.9. The molecule has 0 aromatic heterocycles. The number of aliphatic carboxylic acids is 6. The summed E-state index contributed by atoms with van der Waals surface area (Å²) < 4.78 is 0. The van der Waals surface area contributed by atoms with Gasteiger partial charge in [-0.3, -0.25) is 0 Å². The number of hydrogen-bond acceptors (Lipinski definition) is 12. The first-order valence-electron chi connectivity index (χ1n) is 6.43. The van der Waals surface area contributed by atoms with Gasteiger partial charge in [0.2, 0.25) is 0 Å². The first kappa shape index (κ1) is 36.9. The van der Waals surface area contributed by atoms with Gasteiger partial charge in [0.15, 0.2) is 0 Å². The molecule has 0 saturated heterocycles. The molecule has 150 valence electrons. The van der Waals surface area contributed by atoms with E-state index in [-0.39, 0.29) is 51.4 Å². The van der Waals surface area contributed by atoms with E-state index in [1.54, 1.807) is 0 Å². The minimum Gasteiger partial charge on any atom is -0.545 e. The fraction of sp³-hybridized carbons (Fsp3) is 0.200. The van der Waals surface area contributed by atoms with E-state index in [1.165, 1.54) is 0 Å². The maximum Gasteiger partial charge on any atom is 3.00 e. The number of carbonyl (C=O) groups is 6. The van der Waals surface area contributed by atoms with E-state index in [9.17, 15) is 59.4 Å². The van der Waals surface area contributed by atoms with E-state index < -0.39 is 35.8 Å². The molecule has 0 unspecified atom stereocenters. The third kappa shape index (κ3) is 30.1. The maximum atomic E-state index is 9.76. The molecule has 0 aliphatic heterocycles. The van der Waals surface area contributed by atoms with Crippen molar-refractivity contribution in [1.82, 2.24) is 0 Å². The van der Waals surface area contributed by atoms with Gasteiger partial charge in [-0.2, -0.15) is 0 Å². The van der Waals surface area contributed by atoms with Gasteiger partial charge in [-0.05, 0) is 55.7 Å². The van der Waals surface area contributed by atoms with Crippen molar-refractivity contribution >= 4 is 70.5 Å². The van der Waals surface area contributed by atoms with Crippen LogP contribution in [-0.2, 0) is 28.8 Å². The van der Waals surface area contributed by atoms with Gasteiger partial charge in [0.25, 0.3) is 0 Å². The van der Waals surface area contributed by atoms with Crippen molar-refractivity contribution in [1.29, 1.82) is 0 Å². The molecule has 0 aromatic carbocycles. The topological polar surface area (TPSA) is 241 Å². The van der Waals surface area contributed by atoms with Gasteiger partial charge in [0.1, 0.15) is 0 Å². The van der Waals surface area contributed by atoms with Crippen molar-refractivity contribution < 1.29 is 59.4 Å². The standard InChI is InChI=1S/3C5H6O4.2Al/c3*1-3(5(8)9)2-4(6)7;;/h3*2H,1H3,(H,6,7)(H,8,9);;/q;;;2*+3/p-6/b3*3-2+;;. The molecule has 0 aliphatic carbocycles. The molecule has 0 bridgehead atoms. The summed E-state index contributed by atoms with van der Waals surface area (Å²) in [5.74, 6) is -9.09. The van der Waals surface area contributed by atoms with Crippen LogP contribution in [0.5, 0.6) is 0 Å². The van der Waals surface area contributed by atoms with E-state index in [0.29, 0.717) is 18.2 Å². The quantitative estimate of drug-likeness (QED) is 0.277. The first-order chi connectivity index (χ1) is 12.1. The number of carbonyl (C=O) groups excluding carboxylic acids is 6. The molecule has 0 radical (unpaired) electrons. The average Bonchev–Trinajstić information content (AvgIpc) is 2.46. The molecular formula is C15H12Al2O12. The summed E-state index contributed by atoms with van der Waals surface area (Å²) in [6.07, 6.45) is 1.40. The number of carboxylic acid groups (broad SMARTS) is 6. The normalized spacial score (nSPS) is 10.2. The third-order valence-electron chi connectivity index (χ3n) is 1.97. The zero-order valence-corrected chi connectivity index (χ0v) is 17.6. The minimum atomic E-state index is -1.53. The van der Waals surface area contributed by atoms with Crippen molar-refractivity contribution in [2.45, 2.75) is 20.8 Å². The third-order valence-corrected chi connectivity index (χ3v) is 1.97.